The average molecular weight is 490 g/mol. The third kappa shape index (κ3) is 4.02. The van der Waals surface area contributed by atoms with Crippen LogP contribution in [0.3, 0.4) is 0 Å². The van der Waals surface area contributed by atoms with Crippen molar-refractivity contribution in [3.8, 4) is 0 Å². The van der Waals surface area contributed by atoms with E-state index in [9.17, 15) is 9.59 Å². The quantitative estimate of drug-likeness (QED) is 0.382. The number of nitrogens with zero attached hydrogens (tertiary/aromatic N) is 2. The number of carbonyl (C=O) groups excluding carboxylic acids is 2. The van der Waals surface area contributed by atoms with Gasteiger partial charge in [-0.25, -0.2) is 0 Å². The van der Waals surface area contributed by atoms with Gasteiger partial charge in [-0.05, 0) is 54.1 Å². The highest BCUT2D eigenvalue weighted by molar-refractivity contribution is 9.10. The largest absolute Gasteiger partial charge is 0.342 e. The van der Waals surface area contributed by atoms with Gasteiger partial charge in [0.15, 0.2) is 0 Å². The van der Waals surface area contributed by atoms with Gasteiger partial charge >= 0.3 is 0 Å². The molecule has 4 nitrogen and oxygen atoms in total. The maximum atomic E-state index is 12.6. The summed E-state index contributed by atoms with van der Waals surface area (Å²) in [7, 11) is 0. The van der Waals surface area contributed by atoms with Crippen molar-refractivity contribution in [3.05, 3.63) is 74.2 Å². The first kappa shape index (κ1) is 20.3. The molecule has 0 spiro atoms. The number of carbonyl (C=O) groups is 2. The minimum Gasteiger partial charge on any atom is -0.342 e. The lowest BCUT2D eigenvalue weighted by molar-refractivity contribution is -0.122. The van der Waals surface area contributed by atoms with E-state index >= 15 is 0 Å². The summed E-state index contributed by atoms with van der Waals surface area (Å²) in [6.07, 6.45) is 4.57. The molecular formula is C22H18BrClN2O2S. The van der Waals surface area contributed by atoms with Crippen LogP contribution in [0.25, 0.3) is 17.0 Å². The molecule has 2 amide bonds. The van der Waals surface area contributed by atoms with Gasteiger partial charge < -0.3 is 4.57 Å². The van der Waals surface area contributed by atoms with E-state index in [1.54, 1.807) is 0 Å². The van der Waals surface area contributed by atoms with Gasteiger partial charge in [0.2, 0.25) is 0 Å². The number of benzene rings is 2. The molecule has 148 valence electrons. The zero-order valence-electron chi connectivity index (χ0n) is 15.7. The van der Waals surface area contributed by atoms with Crippen molar-refractivity contribution in [2.45, 2.75) is 19.9 Å². The molecule has 1 aliphatic heterocycles. The molecule has 0 N–H and O–H groups in total. The minimum atomic E-state index is -0.219. The Labute approximate surface area is 186 Å². The molecule has 2 aromatic carbocycles. The Morgan fingerprint density at radius 1 is 1.17 bits per heavy atom. The van der Waals surface area contributed by atoms with E-state index in [0.717, 1.165) is 44.7 Å². The molecule has 3 aromatic rings. The number of thioether (sulfide) groups is 1. The summed E-state index contributed by atoms with van der Waals surface area (Å²) in [4.78, 5) is 26.6. The predicted octanol–water partition coefficient (Wildman–Crippen LogP) is 6.55. The summed E-state index contributed by atoms with van der Waals surface area (Å²) in [5.41, 5.74) is 2.95. The first-order valence-electron chi connectivity index (χ1n) is 9.25. The molecule has 1 aromatic heterocycles. The second-order valence-corrected chi connectivity index (χ2v) is 9.11. The number of halogens is 2. The Kier molecular flexibility index (Phi) is 5.86. The molecule has 0 bridgehead atoms. The smallest absolute Gasteiger partial charge is 0.293 e. The van der Waals surface area contributed by atoms with Gasteiger partial charge in [-0.1, -0.05) is 52.7 Å². The maximum absolute atomic E-state index is 12.6. The first-order valence-corrected chi connectivity index (χ1v) is 11.2. The lowest BCUT2D eigenvalue weighted by Crippen LogP contribution is -2.28. The Balaban J connectivity index is 1.77. The van der Waals surface area contributed by atoms with Crippen molar-refractivity contribution in [1.82, 2.24) is 9.47 Å². The molecule has 0 aliphatic carbocycles. The minimum absolute atomic E-state index is 0.205. The number of imide groups is 1. The summed E-state index contributed by atoms with van der Waals surface area (Å²) in [6.45, 7) is 3.01. The molecule has 1 aliphatic rings. The highest BCUT2D eigenvalue weighted by Gasteiger charge is 2.34. The fourth-order valence-corrected chi connectivity index (χ4v) is 4.82. The van der Waals surface area contributed by atoms with Crippen LogP contribution >= 0.6 is 39.3 Å². The van der Waals surface area contributed by atoms with Crippen LogP contribution in [0.2, 0.25) is 5.02 Å². The van der Waals surface area contributed by atoms with Crippen molar-refractivity contribution in [2.24, 2.45) is 0 Å². The third-order valence-corrected chi connectivity index (χ3v) is 6.55. The lowest BCUT2D eigenvalue weighted by atomic mass is 10.1. The van der Waals surface area contributed by atoms with E-state index in [1.807, 2.05) is 61.7 Å². The number of hydrogen-bond donors (Lipinski definition) is 0. The van der Waals surface area contributed by atoms with Gasteiger partial charge in [0.25, 0.3) is 11.1 Å². The van der Waals surface area contributed by atoms with Crippen LogP contribution in [0.5, 0.6) is 0 Å². The normalized spacial score (nSPS) is 15.8. The van der Waals surface area contributed by atoms with E-state index in [1.165, 1.54) is 4.90 Å². The monoisotopic (exact) mass is 488 g/mol. The molecule has 29 heavy (non-hydrogen) atoms. The number of fused-ring (bicyclic) bond motifs is 1. The molecule has 2 heterocycles. The predicted molar refractivity (Wildman–Crippen MR) is 123 cm³/mol. The van der Waals surface area contributed by atoms with Crippen LogP contribution in [0, 0.1) is 0 Å². The fourth-order valence-electron chi connectivity index (χ4n) is 3.41. The van der Waals surface area contributed by atoms with Crippen LogP contribution in [0.1, 0.15) is 24.5 Å². The molecule has 0 unspecified atom stereocenters. The maximum Gasteiger partial charge on any atom is 0.293 e. The van der Waals surface area contributed by atoms with Crippen molar-refractivity contribution in [1.29, 1.82) is 0 Å². The summed E-state index contributed by atoms with van der Waals surface area (Å²) in [5.74, 6) is -0.219. The first-order chi connectivity index (χ1) is 14.0. The molecule has 0 saturated carbocycles. The van der Waals surface area contributed by atoms with Gasteiger partial charge in [-0.15, -0.1) is 0 Å². The van der Waals surface area contributed by atoms with Gasteiger partial charge in [0, 0.05) is 45.2 Å². The number of amides is 2. The summed E-state index contributed by atoms with van der Waals surface area (Å²) >= 11 is 10.9. The van der Waals surface area contributed by atoms with Gasteiger partial charge in [0.05, 0.1) is 4.91 Å². The van der Waals surface area contributed by atoms with Gasteiger partial charge in [0.1, 0.15) is 0 Å². The fraction of sp³-hybridized carbons (Fsp3) is 0.182. The third-order valence-electron chi connectivity index (χ3n) is 4.78. The van der Waals surface area contributed by atoms with Gasteiger partial charge in [-0.2, -0.15) is 0 Å². The highest BCUT2D eigenvalue weighted by Crippen LogP contribution is 2.35. The Bertz CT molecular complexity index is 1150. The van der Waals surface area contributed by atoms with Crippen LogP contribution < -0.4 is 0 Å². The van der Waals surface area contributed by atoms with Crippen molar-refractivity contribution in [2.75, 3.05) is 6.54 Å². The lowest BCUT2D eigenvalue weighted by Gasteiger charge is -2.09. The average Bonchev–Trinajstić information content (AvgIpc) is 3.16. The molecule has 1 saturated heterocycles. The molecule has 0 radical (unpaired) electrons. The summed E-state index contributed by atoms with van der Waals surface area (Å²) in [6, 6.07) is 13.8. The zero-order chi connectivity index (χ0) is 20.5. The molecule has 7 heteroatoms. The van der Waals surface area contributed by atoms with Crippen LogP contribution in [-0.2, 0) is 11.3 Å². The standard InChI is InChI=1S/C22H18BrClN2O2S/c1-2-9-26-21(27)20(29-22(26)28)10-15-13-25(12-14-5-3-4-6-18(14)24)19-8-7-16(23)11-17(15)19/h3-8,10-11,13H,2,9,12H2,1H3/b20-10-. The summed E-state index contributed by atoms with van der Waals surface area (Å²) in [5, 5.41) is 1.52. The molecular weight excluding hydrogens is 472 g/mol. The number of aromatic nitrogens is 1. The SMILES string of the molecule is CCCN1C(=O)S/C(=C\c2cn(Cc3ccccc3Cl)c3ccc(Br)cc23)C1=O. The molecule has 1 fully saturated rings. The van der Waals surface area contributed by atoms with E-state index in [2.05, 4.69) is 20.5 Å². The Morgan fingerprint density at radius 3 is 2.72 bits per heavy atom. The van der Waals surface area contributed by atoms with Crippen molar-refractivity contribution in [3.63, 3.8) is 0 Å². The van der Waals surface area contributed by atoms with Gasteiger partial charge in [-0.3, -0.25) is 14.5 Å². The van der Waals surface area contributed by atoms with Crippen LogP contribution in [-0.4, -0.2) is 27.2 Å². The zero-order valence-corrected chi connectivity index (χ0v) is 18.9. The van der Waals surface area contributed by atoms with E-state index < -0.39 is 0 Å². The molecule has 4 rings (SSSR count). The number of rotatable bonds is 5. The summed E-state index contributed by atoms with van der Waals surface area (Å²) < 4.78 is 3.07. The Morgan fingerprint density at radius 2 is 1.97 bits per heavy atom. The van der Waals surface area contributed by atoms with Crippen LogP contribution in [0.15, 0.2) is 58.0 Å². The Hall–Kier alpha value is -2.02. The highest BCUT2D eigenvalue weighted by atomic mass is 79.9. The van der Waals surface area contributed by atoms with Crippen molar-refractivity contribution < 1.29 is 9.59 Å². The topological polar surface area (TPSA) is 42.3 Å². The van der Waals surface area contributed by atoms with Crippen molar-refractivity contribution >= 4 is 67.4 Å². The van der Waals surface area contributed by atoms with E-state index in [0.29, 0.717) is 23.0 Å². The van der Waals surface area contributed by atoms with Crippen LogP contribution in [0.4, 0.5) is 4.79 Å². The molecule has 0 atom stereocenters. The van der Waals surface area contributed by atoms with E-state index in [-0.39, 0.29) is 11.1 Å². The second kappa shape index (κ2) is 8.38. The number of hydrogen-bond acceptors (Lipinski definition) is 3. The van der Waals surface area contributed by atoms with E-state index in [4.69, 9.17) is 11.6 Å². The second-order valence-electron chi connectivity index (χ2n) is 6.80.